The van der Waals surface area contributed by atoms with Gasteiger partial charge in [-0.1, -0.05) is 26.0 Å². The van der Waals surface area contributed by atoms with Crippen LogP contribution < -0.4 is 10.1 Å². The lowest BCUT2D eigenvalue weighted by Crippen LogP contribution is -2.19. The zero-order valence-corrected chi connectivity index (χ0v) is 13.2. The maximum atomic E-state index is 9.88. The Hall–Kier alpha value is -1.81. The largest absolute Gasteiger partial charge is 0.494 e. The van der Waals surface area contributed by atoms with Gasteiger partial charge in [0.15, 0.2) is 0 Å². The fraction of sp³-hybridized carbons (Fsp3) is 0.471. The molecule has 0 fully saturated rings. The van der Waals surface area contributed by atoms with E-state index in [2.05, 4.69) is 10.3 Å². The van der Waals surface area contributed by atoms with Crippen LogP contribution in [-0.4, -0.2) is 29.8 Å². The van der Waals surface area contributed by atoms with Crippen LogP contribution in [-0.2, 0) is 0 Å². The van der Waals surface area contributed by atoms with Gasteiger partial charge in [0.05, 0.1) is 13.2 Å². The van der Waals surface area contributed by atoms with E-state index in [1.165, 1.54) is 0 Å². The van der Waals surface area contributed by atoms with E-state index in [1.54, 1.807) is 7.11 Å². The molecule has 21 heavy (non-hydrogen) atoms. The van der Waals surface area contributed by atoms with Gasteiger partial charge in [0.1, 0.15) is 11.3 Å². The molecule has 0 aliphatic carbocycles. The number of benzene rings is 1. The van der Waals surface area contributed by atoms with Crippen LogP contribution in [0.3, 0.4) is 0 Å². The molecule has 0 saturated carbocycles. The monoisotopic (exact) mass is 288 g/mol. The molecule has 1 heterocycles. The molecule has 0 spiro atoms. The summed E-state index contributed by atoms with van der Waals surface area (Å²) in [7, 11) is 1.66. The van der Waals surface area contributed by atoms with Gasteiger partial charge in [0, 0.05) is 23.3 Å². The second-order valence-electron chi connectivity index (χ2n) is 5.69. The number of aromatic nitrogens is 1. The minimum absolute atomic E-state index is 0.277. The normalized spacial score (nSPS) is 12.7. The number of hydrogen-bond donors (Lipinski definition) is 2. The van der Waals surface area contributed by atoms with Crippen molar-refractivity contribution >= 4 is 16.6 Å². The van der Waals surface area contributed by atoms with Gasteiger partial charge in [-0.05, 0) is 31.4 Å². The number of aliphatic hydroxyl groups is 1. The lowest BCUT2D eigenvalue weighted by atomic mass is 10.0. The first kappa shape index (κ1) is 15.6. The molecule has 4 nitrogen and oxygen atoms in total. The number of hydrogen-bond acceptors (Lipinski definition) is 4. The molecule has 1 aromatic carbocycles. The molecule has 2 rings (SSSR count). The van der Waals surface area contributed by atoms with E-state index in [9.17, 15) is 5.11 Å². The number of rotatable bonds is 6. The first-order valence-electron chi connectivity index (χ1n) is 7.39. The maximum Gasteiger partial charge on any atom is 0.145 e. The number of fused-ring (bicyclic) bond motifs is 1. The minimum Gasteiger partial charge on any atom is -0.494 e. The number of aliphatic hydroxyl groups excluding tert-OH is 1. The van der Waals surface area contributed by atoms with Gasteiger partial charge in [0.2, 0.25) is 0 Å². The Morgan fingerprint density at radius 1 is 1.33 bits per heavy atom. The summed E-state index contributed by atoms with van der Waals surface area (Å²) in [5.41, 5.74) is 2.85. The molecule has 0 aliphatic heterocycles. The first-order chi connectivity index (χ1) is 10.0. The third kappa shape index (κ3) is 3.64. The van der Waals surface area contributed by atoms with Crippen molar-refractivity contribution in [3.05, 3.63) is 30.0 Å². The van der Waals surface area contributed by atoms with Gasteiger partial charge in [-0.25, -0.2) is 4.98 Å². The second-order valence-corrected chi connectivity index (χ2v) is 5.69. The smallest absolute Gasteiger partial charge is 0.145 e. The van der Waals surface area contributed by atoms with E-state index in [4.69, 9.17) is 4.74 Å². The van der Waals surface area contributed by atoms with E-state index >= 15 is 0 Å². The highest BCUT2D eigenvalue weighted by atomic mass is 16.5. The average Bonchev–Trinajstić information content (AvgIpc) is 2.46. The van der Waals surface area contributed by atoms with Crippen molar-refractivity contribution in [2.45, 2.75) is 33.3 Å². The Kier molecular flexibility index (Phi) is 5.02. The molecule has 4 heteroatoms. The third-order valence-electron chi connectivity index (χ3n) is 3.68. The average molecular weight is 288 g/mol. The lowest BCUT2D eigenvalue weighted by Gasteiger charge is -2.16. The molecule has 0 radical (unpaired) electrons. The van der Waals surface area contributed by atoms with Crippen molar-refractivity contribution in [1.29, 1.82) is 0 Å². The second kappa shape index (κ2) is 6.76. The van der Waals surface area contributed by atoms with Gasteiger partial charge in [-0.15, -0.1) is 0 Å². The molecule has 1 unspecified atom stereocenters. The van der Waals surface area contributed by atoms with E-state index in [0.29, 0.717) is 0 Å². The summed E-state index contributed by atoms with van der Waals surface area (Å²) < 4.78 is 5.38. The molecule has 2 N–H and O–H groups in total. The number of ether oxygens (including phenoxy) is 1. The predicted molar refractivity (Wildman–Crippen MR) is 87.0 cm³/mol. The van der Waals surface area contributed by atoms with Crippen LogP contribution in [0.5, 0.6) is 5.75 Å². The molecule has 0 aliphatic rings. The van der Waals surface area contributed by atoms with Gasteiger partial charge < -0.3 is 15.2 Å². The first-order valence-corrected chi connectivity index (χ1v) is 7.39. The number of nitrogens with zero attached hydrogens (tertiary/aromatic N) is 1. The predicted octanol–water partition coefficient (Wildman–Crippen LogP) is 3.37. The van der Waals surface area contributed by atoms with E-state index in [0.717, 1.165) is 41.0 Å². The summed E-state index contributed by atoms with van der Waals surface area (Å²) >= 11 is 0. The summed E-state index contributed by atoms with van der Waals surface area (Å²) in [4.78, 5) is 4.56. The number of anilines is 1. The Balaban J connectivity index is 2.23. The zero-order chi connectivity index (χ0) is 15.4. The van der Waals surface area contributed by atoms with Crippen LogP contribution in [0.15, 0.2) is 24.3 Å². The summed E-state index contributed by atoms with van der Waals surface area (Å²) in [6, 6.07) is 7.95. The molecule has 1 aromatic heterocycles. The third-order valence-corrected chi connectivity index (χ3v) is 3.68. The quantitative estimate of drug-likeness (QED) is 0.855. The lowest BCUT2D eigenvalue weighted by molar-refractivity contribution is 0.120. The van der Waals surface area contributed by atoms with Crippen molar-refractivity contribution in [1.82, 2.24) is 4.98 Å². The molecule has 2 aromatic rings. The van der Waals surface area contributed by atoms with E-state index < -0.39 is 0 Å². The van der Waals surface area contributed by atoms with Crippen LogP contribution in [0, 0.1) is 12.8 Å². The fourth-order valence-electron chi connectivity index (χ4n) is 2.35. The highest BCUT2D eigenvalue weighted by Gasteiger charge is 2.11. The Labute approximate surface area is 126 Å². The summed E-state index contributed by atoms with van der Waals surface area (Å²) in [6.07, 6.45) is 0.450. The number of aryl methyl sites for hydroxylation is 1. The highest BCUT2D eigenvalue weighted by molar-refractivity contribution is 5.95. The fourth-order valence-corrected chi connectivity index (χ4v) is 2.35. The SMILES string of the molecule is COc1cccc2c(NCCC(O)C(C)C)cc(C)nc12. The van der Waals surface area contributed by atoms with Crippen molar-refractivity contribution < 1.29 is 9.84 Å². The van der Waals surface area contributed by atoms with Crippen molar-refractivity contribution in [2.75, 3.05) is 19.0 Å². The van der Waals surface area contributed by atoms with Crippen molar-refractivity contribution in [3.63, 3.8) is 0 Å². The molecule has 0 bridgehead atoms. The van der Waals surface area contributed by atoms with Crippen LogP contribution in [0.2, 0.25) is 0 Å². The summed E-state index contributed by atoms with van der Waals surface area (Å²) in [5.74, 6) is 1.06. The van der Waals surface area contributed by atoms with Crippen LogP contribution >= 0.6 is 0 Å². The Morgan fingerprint density at radius 2 is 2.10 bits per heavy atom. The number of methoxy groups -OCH3 is 1. The zero-order valence-electron chi connectivity index (χ0n) is 13.2. The van der Waals surface area contributed by atoms with Crippen molar-refractivity contribution in [2.24, 2.45) is 5.92 Å². The van der Waals surface area contributed by atoms with Gasteiger partial charge in [-0.2, -0.15) is 0 Å². The summed E-state index contributed by atoms with van der Waals surface area (Å²) in [5, 5.41) is 14.3. The number of para-hydroxylation sites is 1. The van der Waals surface area contributed by atoms with Gasteiger partial charge >= 0.3 is 0 Å². The van der Waals surface area contributed by atoms with Crippen molar-refractivity contribution in [3.8, 4) is 5.75 Å². The Morgan fingerprint density at radius 3 is 2.76 bits per heavy atom. The molecular formula is C17H24N2O2. The van der Waals surface area contributed by atoms with Crippen LogP contribution in [0.1, 0.15) is 26.0 Å². The number of pyridine rings is 1. The number of nitrogens with one attached hydrogen (secondary N) is 1. The molecule has 114 valence electrons. The van der Waals surface area contributed by atoms with Gasteiger partial charge in [0.25, 0.3) is 0 Å². The standard InChI is InChI=1S/C17H24N2O2/c1-11(2)15(20)8-9-18-14-10-12(3)19-17-13(14)6-5-7-16(17)21-4/h5-7,10-11,15,20H,8-9H2,1-4H3,(H,18,19). The van der Waals surface area contributed by atoms with Crippen LogP contribution in [0.4, 0.5) is 5.69 Å². The topological polar surface area (TPSA) is 54.4 Å². The highest BCUT2D eigenvalue weighted by Crippen LogP contribution is 2.29. The van der Waals surface area contributed by atoms with E-state index in [-0.39, 0.29) is 12.0 Å². The Bertz CT molecular complexity index is 611. The maximum absolute atomic E-state index is 9.88. The minimum atomic E-state index is -0.277. The van der Waals surface area contributed by atoms with E-state index in [1.807, 2.05) is 45.0 Å². The molecular weight excluding hydrogens is 264 g/mol. The summed E-state index contributed by atoms with van der Waals surface area (Å²) in [6.45, 7) is 6.76. The van der Waals surface area contributed by atoms with Crippen LogP contribution in [0.25, 0.3) is 10.9 Å². The molecule has 0 saturated heterocycles. The van der Waals surface area contributed by atoms with Gasteiger partial charge in [-0.3, -0.25) is 0 Å². The molecule has 1 atom stereocenters. The molecule has 0 amide bonds.